The maximum atomic E-state index is 14.8. The first-order valence-electron chi connectivity index (χ1n) is 16.9. The van der Waals surface area contributed by atoms with Crippen LogP contribution in [0.2, 0.25) is 0 Å². The van der Waals surface area contributed by atoms with Gasteiger partial charge >= 0.3 is 5.97 Å². The van der Waals surface area contributed by atoms with E-state index in [1.165, 1.54) is 11.3 Å². The molecule has 0 amide bonds. The van der Waals surface area contributed by atoms with Crippen molar-refractivity contribution in [3.8, 4) is 34.0 Å². The Balaban J connectivity index is 1.54. The van der Waals surface area contributed by atoms with Crippen LogP contribution in [0.5, 0.6) is 5.75 Å². The van der Waals surface area contributed by atoms with Gasteiger partial charge in [-0.05, 0) is 66.9 Å². The van der Waals surface area contributed by atoms with Gasteiger partial charge in [0.25, 0.3) is 5.56 Å². The predicted octanol–water partition coefficient (Wildman–Crippen LogP) is 8.47. The van der Waals surface area contributed by atoms with Gasteiger partial charge in [-0.25, -0.2) is 9.79 Å². The molecular weight excluding hydrogens is 722 g/mol. The van der Waals surface area contributed by atoms with Crippen molar-refractivity contribution in [2.45, 2.75) is 32.7 Å². The Bertz CT molecular complexity index is 2430. The average molecular weight is 759 g/mol. The average Bonchev–Trinajstić information content (AvgIpc) is 3.69. The number of aromatic nitrogens is 2. The normalized spacial score (nSPS) is 14.3. The molecule has 1 atom stereocenters. The van der Waals surface area contributed by atoms with Crippen molar-refractivity contribution >= 4 is 39.3 Å². The molecule has 3 heterocycles. The van der Waals surface area contributed by atoms with Crippen LogP contribution in [0.25, 0.3) is 34.3 Å². The number of halogens is 1. The van der Waals surface area contributed by atoms with Crippen LogP contribution in [-0.2, 0) is 9.53 Å². The quantitative estimate of drug-likeness (QED) is 0.132. The number of fused-ring (bicyclic) bond motifs is 1. The monoisotopic (exact) mass is 757 g/mol. The van der Waals surface area contributed by atoms with Crippen LogP contribution >= 0.6 is 27.3 Å². The SMILES string of the molecule is CCCC1=C(C(=O)OCC)[C@@H](c2cc(Br)ccc2OC)n2c(s/c(=C/c3cc(-c4ccccc4)n(-c4ccccc4)c3-c3ccccc3)c2=O)=N1. The second-order valence-corrected chi connectivity index (χ2v) is 14.0. The third-order valence-electron chi connectivity index (χ3n) is 8.83. The van der Waals surface area contributed by atoms with E-state index in [0.29, 0.717) is 38.3 Å². The van der Waals surface area contributed by atoms with Gasteiger partial charge in [-0.2, -0.15) is 0 Å². The van der Waals surface area contributed by atoms with Crippen molar-refractivity contribution in [3.63, 3.8) is 0 Å². The molecule has 0 aliphatic carbocycles. The van der Waals surface area contributed by atoms with Crippen molar-refractivity contribution in [1.82, 2.24) is 9.13 Å². The molecule has 0 bridgehead atoms. The van der Waals surface area contributed by atoms with Gasteiger partial charge in [-0.1, -0.05) is 119 Å². The number of benzene rings is 4. The van der Waals surface area contributed by atoms with Gasteiger partial charge in [-0.3, -0.25) is 9.36 Å². The Kier molecular flexibility index (Phi) is 10.0. The number of carbonyl (C=O) groups excluding carboxylic acids is 1. The lowest BCUT2D eigenvalue weighted by atomic mass is 9.93. The van der Waals surface area contributed by atoms with Crippen molar-refractivity contribution in [3.05, 3.63) is 162 Å². The first-order valence-corrected chi connectivity index (χ1v) is 18.5. The molecule has 1 aliphatic rings. The predicted molar refractivity (Wildman–Crippen MR) is 207 cm³/mol. The van der Waals surface area contributed by atoms with Gasteiger partial charge in [-0.15, -0.1) is 0 Å². The van der Waals surface area contributed by atoms with E-state index in [1.807, 2.05) is 85.8 Å². The van der Waals surface area contributed by atoms with Gasteiger partial charge in [0.1, 0.15) is 11.8 Å². The highest BCUT2D eigenvalue weighted by atomic mass is 79.9. The Hall–Kier alpha value is -5.25. The first kappa shape index (κ1) is 34.2. The molecule has 2 aromatic heterocycles. The molecule has 6 aromatic rings. The molecular formula is C42H36BrN3O4S. The van der Waals surface area contributed by atoms with Crippen LogP contribution in [-0.4, -0.2) is 28.8 Å². The highest BCUT2D eigenvalue weighted by Crippen LogP contribution is 2.39. The second-order valence-electron chi connectivity index (χ2n) is 12.0. The summed E-state index contributed by atoms with van der Waals surface area (Å²) in [5.74, 6) is 0.0564. The van der Waals surface area contributed by atoms with Crippen LogP contribution in [0.15, 0.2) is 141 Å². The summed E-state index contributed by atoms with van der Waals surface area (Å²) in [6.45, 7) is 4.01. The van der Waals surface area contributed by atoms with Gasteiger partial charge in [0.2, 0.25) is 0 Å². The zero-order valence-electron chi connectivity index (χ0n) is 28.5. The Labute approximate surface area is 308 Å². The number of para-hydroxylation sites is 1. The number of hydrogen-bond donors (Lipinski definition) is 0. The zero-order valence-corrected chi connectivity index (χ0v) is 30.9. The molecule has 0 N–H and O–H groups in total. The minimum absolute atomic E-state index is 0.193. The fraction of sp³-hybridized carbons (Fsp3) is 0.167. The highest BCUT2D eigenvalue weighted by molar-refractivity contribution is 9.10. The number of esters is 1. The van der Waals surface area contributed by atoms with Crippen LogP contribution in [0.1, 0.15) is 43.9 Å². The fourth-order valence-corrected chi connectivity index (χ4v) is 8.06. The number of carbonyl (C=O) groups is 1. The van der Waals surface area contributed by atoms with E-state index in [1.54, 1.807) is 18.6 Å². The minimum Gasteiger partial charge on any atom is -0.496 e. The topological polar surface area (TPSA) is 74.8 Å². The van der Waals surface area contributed by atoms with E-state index in [2.05, 4.69) is 63.0 Å². The minimum atomic E-state index is -0.807. The summed E-state index contributed by atoms with van der Waals surface area (Å²) < 4.78 is 16.6. The molecule has 0 saturated heterocycles. The van der Waals surface area contributed by atoms with E-state index >= 15 is 0 Å². The molecule has 0 radical (unpaired) electrons. The smallest absolute Gasteiger partial charge is 0.338 e. The summed E-state index contributed by atoms with van der Waals surface area (Å²) in [6, 6.07) is 37.7. The number of allylic oxidation sites excluding steroid dienone is 1. The summed E-state index contributed by atoms with van der Waals surface area (Å²) in [6.07, 6.45) is 3.26. The van der Waals surface area contributed by atoms with Crippen LogP contribution in [0.4, 0.5) is 0 Å². The highest BCUT2D eigenvalue weighted by Gasteiger charge is 2.36. The molecule has 51 heavy (non-hydrogen) atoms. The first-order chi connectivity index (χ1) is 24.9. The maximum Gasteiger partial charge on any atom is 0.338 e. The Morgan fingerprint density at radius 1 is 0.902 bits per heavy atom. The summed E-state index contributed by atoms with van der Waals surface area (Å²) >= 11 is 4.93. The van der Waals surface area contributed by atoms with E-state index in [9.17, 15) is 9.59 Å². The summed E-state index contributed by atoms with van der Waals surface area (Å²) in [4.78, 5) is 34.1. The van der Waals surface area contributed by atoms with Gasteiger partial charge < -0.3 is 14.0 Å². The largest absolute Gasteiger partial charge is 0.496 e. The molecule has 256 valence electrons. The molecule has 1 aliphatic heterocycles. The number of methoxy groups -OCH3 is 1. The zero-order chi connectivity index (χ0) is 35.5. The standard InChI is InChI=1S/C42H36BrN3O4S/c1-4-15-33-37(41(48)50-5-2)39(32-26-30(43)22-23-35(32)49-3)46-40(47)36(51-42(46)44-33)25-29-24-34(27-16-9-6-10-17-27)45(31-20-13-8-14-21-31)38(29)28-18-11-7-12-19-28/h6-14,16-26,39H,4-5,15H2,1-3H3/b36-25+/t39-/m1/s1. The van der Waals surface area contributed by atoms with E-state index in [-0.39, 0.29) is 12.2 Å². The number of rotatable bonds is 10. The lowest BCUT2D eigenvalue weighted by Gasteiger charge is -2.27. The fourth-order valence-electron chi connectivity index (χ4n) is 6.67. The number of thiazole rings is 1. The van der Waals surface area contributed by atoms with E-state index < -0.39 is 12.0 Å². The third-order valence-corrected chi connectivity index (χ3v) is 10.3. The molecule has 0 saturated carbocycles. The second kappa shape index (κ2) is 14.9. The van der Waals surface area contributed by atoms with Crippen molar-refractivity contribution < 1.29 is 14.3 Å². The van der Waals surface area contributed by atoms with Crippen molar-refractivity contribution in [2.24, 2.45) is 4.99 Å². The van der Waals surface area contributed by atoms with Crippen molar-refractivity contribution in [2.75, 3.05) is 13.7 Å². The summed E-state index contributed by atoms with van der Waals surface area (Å²) in [5.41, 5.74) is 7.25. The molecule has 9 heteroatoms. The maximum absolute atomic E-state index is 14.8. The van der Waals surface area contributed by atoms with Crippen LogP contribution in [0.3, 0.4) is 0 Å². The number of hydrogen-bond acceptors (Lipinski definition) is 6. The van der Waals surface area contributed by atoms with Crippen LogP contribution < -0.4 is 19.6 Å². The van der Waals surface area contributed by atoms with E-state index in [0.717, 1.165) is 44.7 Å². The summed E-state index contributed by atoms with van der Waals surface area (Å²) in [7, 11) is 1.59. The Morgan fingerprint density at radius 2 is 1.57 bits per heavy atom. The number of nitrogens with zero attached hydrogens (tertiary/aromatic N) is 3. The third kappa shape index (κ3) is 6.55. The van der Waals surface area contributed by atoms with Gasteiger partial charge in [0.15, 0.2) is 4.80 Å². The lowest BCUT2D eigenvalue weighted by Crippen LogP contribution is -2.40. The molecule has 4 aromatic carbocycles. The molecule has 7 rings (SSSR count). The van der Waals surface area contributed by atoms with Gasteiger partial charge in [0.05, 0.1) is 40.9 Å². The molecule has 7 nitrogen and oxygen atoms in total. The molecule has 0 fully saturated rings. The molecule has 0 spiro atoms. The lowest BCUT2D eigenvalue weighted by molar-refractivity contribution is -0.139. The van der Waals surface area contributed by atoms with E-state index in [4.69, 9.17) is 14.5 Å². The summed E-state index contributed by atoms with van der Waals surface area (Å²) in [5, 5.41) is 0. The number of ether oxygens (including phenoxy) is 2. The van der Waals surface area contributed by atoms with Crippen molar-refractivity contribution in [1.29, 1.82) is 0 Å². The Morgan fingerprint density at radius 3 is 2.22 bits per heavy atom. The molecule has 0 unspecified atom stereocenters. The van der Waals surface area contributed by atoms with Gasteiger partial charge in [0, 0.05) is 21.3 Å². The van der Waals surface area contributed by atoms with Crippen LogP contribution in [0, 0.1) is 0 Å².